The minimum Gasteiger partial charge on any atom is -0.381 e. The normalized spacial score (nSPS) is 13.7. The molecule has 0 saturated heterocycles. The summed E-state index contributed by atoms with van der Waals surface area (Å²) in [5.41, 5.74) is -0.528. The first kappa shape index (κ1) is 10.5. The van der Waals surface area contributed by atoms with Crippen LogP contribution in [0.3, 0.4) is 0 Å². The molecule has 1 nitrogen and oxygen atoms in total. The summed E-state index contributed by atoms with van der Waals surface area (Å²) in [5.74, 6) is 0. The fourth-order valence-electron chi connectivity index (χ4n) is 0.644. The number of ether oxygens (including phenoxy) is 1. The van der Waals surface area contributed by atoms with Crippen molar-refractivity contribution in [1.29, 1.82) is 0 Å². The van der Waals surface area contributed by atoms with Gasteiger partial charge in [0.1, 0.15) is 0 Å². The zero-order valence-electron chi connectivity index (χ0n) is 6.53. The second kappa shape index (κ2) is 4.38. The Labute approximate surface area is 63.8 Å². The second-order valence-electron chi connectivity index (χ2n) is 2.04. The van der Waals surface area contributed by atoms with Crippen molar-refractivity contribution in [2.24, 2.45) is 0 Å². The smallest absolute Gasteiger partial charge is 0.381 e. The lowest BCUT2D eigenvalue weighted by Crippen LogP contribution is -2.11. The maximum absolute atomic E-state index is 11.9. The standard InChI is InChI=1S/C7H11F3O/c1-3-6(4-5-11-2)7(8,9)10/h4H,3,5H2,1-2H3/b6-4-. The summed E-state index contributed by atoms with van der Waals surface area (Å²) in [6.07, 6.45) is -3.15. The van der Waals surface area contributed by atoms with Gasteiger partial charge in [0.15, 0.2) is 0 Å². The molecule has 0 amide bonds. The molecule has 0 aliphatic carbocycles. The fraction of sp³-hybridized carbons (Fsp3) is 0.714. The van der Waals surface area contributed by atoms with Crippen LogP contribution in [0.1, 0.15) is 13.3 Å². The SMILES string of the molecule is CC/C(=C/COC)C(F)(F)F. The van der Waals surface area contributed by atoms with Crippen molar-refractivity contribution in [2.75, 3.05) is 13.7 Å². The molecule has 0 saturated carbocycles. The maximum Gasteiger partial charge on any atom is 0.412 e. The van der Waals surface area contributed by atoms with E-state index in [-0.39, 0.29) is 13.0 Å². The first-order chi connectivity index (χ1) is 5.02. The number of halogens is 3. The van der Waals surface area contributed by atoms with Crippen LogP contribution in [0.5, 0.6) is 0 Å². The summed E-state index contributed by atoms with van der Waals surface area (Å²) < 4.78 is 40.3. The Morgan fingerprint density at radius 2 is 2.00 bits per heavy atom. The van der Waals surface area contributed by atoms with E-state index in [0.717, 1.165) is 6.08 Å². The Balaban J connectivity index is 4.16. The lowest BCUT2D eigenvalue weighted by Gasteiger charge is -2.08. The molecule has 0 spiro atoms. The van der Waals surface area contributed by atoms with Crippen LogP contribution in [-0.2, 0) is 4.74 Å². The average molecular weight is 168 g/mol. The van der Waals surface area contributed by atoms with E-state index in [2.05, 4.69) is 4.74 Å². The van der Waals surface area contributed by atoms with Gasteiger partial charge in [-0.15, -0.1) is 0 Å². The highest BCUT2D eigenvalue weighted by Gasteiger charge is 2.31. The molecule has 0 atom stereocenters. The molecule has 0 aliphatic heterocycles. The quantitative estimate of drug-likeness (QED) is 0.588. The number of methoxy groups -OCH3 is 1. The van der Waals surface area contributed by atoms with Crippen LogP contribution in [0.4, 0.5) is 13.2 Å². The average Bonchev–Trinajstić information content (AvgIpc) is 1.87. The number of alkyl halides is 3. The van der Waals surface area contributed by atoms with Crippen molar-refractivity contribution in [3.8, 4) is 0 Å². The largest absolute Gasteiger partial charge is 0.412 e. The van der Waals surface area contributed by atoms with Crippen molar-refractivity contribution in [3.05, 3.63) is 11.6 Å². The molecular formula is C7H11F3O. The van der Waals surface area contributed by atoms with Crippen LogP contribution < -0.4 is 0 Å². The van der Waals surface area contributed by atoms with Gasteiger partial charge in [0, 0.05) is 12.7 Å². The van der Waals surface area contributed by atoms with Gasteiger partial charge in [-0.25, -0.2) is 0 Å². The van der Waals surface area contributed by atoms with E-state index in [9.17, 15) is 13.2 Å². The van der Waals surface area contributed by atoms with Crippen molar-refractivity contribution in [2.45, 2.75) is 19.5 Å². The molecule has 0 N–H and O–H groups in total. The van der Waals surface area contributed by atoms with E-state index >= 15 is 0 Å². The summed E-state index contributed by atoms with van der Waals surface area (Å²) in [7, 11) is 1.36. The molecule has 11 heavy (non-hydrogen) atoms. The summed E-state index contributed by atoms with van der Waals surface area (Å²) >= 11 is 0. The Kier molecular flexibility index (Phi) is 4.18. The molecule has 0 bridgehead atoms. The predicted octanol–water partition coefficient (Wildman–Crippen LogP) is 2.53. The third-order valence-corrected chi connectivity index (χ3v) is 1.24. The molecule has 0 aromatic carbocycles. The lowest BCUT2D eigenvalue weighted by atomic mass is 10.2. The van der Waals surface area contributed by atoms with Gasteiger partial charge in [-0.1, -0.05) is 13.0 Å². The summed E-state index contributed by atoms with van der Waals surface area (Å²) in [6, 6.07) is 0. The molecule has 0 aliphatic rings. The molecule has 4 heteroatoms. The maximum atomic E-state index is 11.9. The third kappa shape index (κ3) is 4.03. The second-order valence-corrected chi connectivity index (χ2v) is 2.04. The van der Waals surface area contributed by atoms with Crippen LogP contribution in [0.2, 0.25) is 0 Å². The molecule has 0 radical (unpaired) electrons. The van der Waals surface area contributed by atoms with E-state index < -0.39 is 11.7 Å². The van der Waals surface area contributed by atoms with Gasteiger partial charge in [-0.05, 0) is 6.42 Å². The van der Waals surface area contributed by atoms with Gasteiger partial charge < -0.3 is 4.74 Å². The van der Waals surface area contributed by atoms with Gasteiger partial charge in [-0.3, -0.25) is 0 Å². The zero-order valence-corrected chi connectivity index (χ0v) is 6.53. The molecule has 0 aromatic rings. The Hall–Kier alpha value is -0.510. The number of hydrogen-bond acceptors (Lipinski definition) is 1. The number of rotatable bonds is 3. The van der Waals surface area contributed by atoms with Crippen molar-refractivity contribution < 1.29 is 17.9 Å². The van der Waals surface area contributed by atoms with Gasteiger partial charge in [0.2, 0.25) is 0 Å². The van der Waals surface area contributed by atoms with Gasteiger partial charge in [0.25, 0.3) is 0 Å². The van der Waals surface area contributed by atoms with Gasteiger partial charge in [-0.2, -0.15) is 13.2 Å². The highest BCUT2D eigenvalue weighted by molar-refractivity contribution is 5.08. The lowest BCUT2D eigenvalue weighted by molar-refractivity contribution is -0.0940. The summed E-state index contributed by atoms with van der Waals surface area (Å²) in [6.45, 7) is 1.48. The Bertz CT molecular complexity index is 137. The Morgan fingerprint density at radius 1 is 1.45 bits per heavy atom. The minimum atomic E-state index is -4.20. The van der Waals surface area contributed by atoms with Crippen LogP contribution >= 0.6 is 0 Å². The highest BCUT2D eigenvalue weighted by atomic mass is 19.4. The van der Waals surface area contributed by atoms with Gasteiger partial charge in [0.05, 0.1) is 6.61 Å². The fourth-order valence-corrected chi connectivity index (χ4v) is 0.644. The zero-order chi connectivity index (χ0) is 8.91. The number of hydrogen-bond donors (Lipinski definition) is 0. The van der Waals surface area contributed by atoms with Gasteiger partial charge >= 0.3 is 6.18 Å². The first-order valence-electron chi connectivity index (χ1n) is 3.27. The molecule has 0 rings (SSSR count). The Morgan fingerprint density at radius 3 is 2.27 bits per heavy atom. The van der Waals surface area contributed by atoms with Crippen LogP contribution in [-0.4, -0.2) is 19.9 Å². The molecule has 0 fully saturated rings. The highest BCUT2D eigenvalue weighted by Crippen LogP contribution is 2.27. The molecule has 0 aromatic heterocycles. The van der Waals surface area contributed by atoms with E-state index in [1.165, 1.54) is 14.0 Å². The van der Waals surface area contributed by atoms with E-state index in [1.54, 1.807) is 0 Å². The molecule has 0 unspecified atom stereocenters. The van der Waals surface area contributed by atoms with E-state index in [4.69, 9.17) is 0 Å². The predicted molar refractivity (Wildman–Crippen MR) is 36.3 cm³/mol. The van der Waals surface area contributed by atoms with E-state index in [0.29, 0.717) is 0 Å². The van der Waals surface area contributed by atoms with Crippen LogP contribution in [0.25, 0.3) is 0 Å². The molecule has 66 valence electrons. The van der Waals surface area contributed by atoms with Crippen LogP contribution in [0, 0.1) is 0 Å². The van der Waals surface area contributed by atoms with Crippen LogP contribution in [0.15, 0.2) is 11.6 Å². The van der Waals surface area contributed by atoms with Crippen molar-refractivity contribution in [3.63, 3.8) is 0 Å². The first-order valence-corrected chi connectivity index (χ1v) is 3.27. The summed E-state index contributed by atoms with van der Waals surface area (Å²) in [5, 5.41) is 0. The van der Waals surface area contributed by atoms with E-state index in [1.807, 2.05) is 0 Å². The van der Waals surface area contributed by atoms with Crippen molar-refractivity contribution in [1.82, 2.24) is 0 Å². The molecular weight excluding hydrogens is 157 g/mol. The van der Waals surface area contributed by atoms with Crippen molar-refractivity contribution >= 4 is 0 Å². The minimum absolute atomic E-state index is 0.00708. The molecule has 0 heterocycles. The summed E-state index contributed by atoms with van der Waals surface area (Å²) in [4.78, 5) is 0. The number of allylic oxidation sites excluding steroid dienone is 1. The third-order valence-electron chi connectivity index (χ3n) is 1.24. The monoisotopic (exact) mass is 168 g/mol. The topological polar surface area (TPSA) is 9.23 Å².